The summed E-state index contributed by atoms with van der Waals surface area (Å²) in [5, 5.41) is 0. The number of amides is 1. The average molecular weight is 422 g/mol. The molecule has 0 atom stereocenters. The first-order valence-corrected chi connectivity index (χ1v) is 10.3. The van der Waals surface area contributed by atoms with Crippen LogP contribution in [0.25, 0.3) is 5.69 Å². The van der Waals surface area contributed by atoms with Gasteiger partial charge in [-0.3, -0.25) is 14.2 Å². The van der Waals surface area contributed by atoms with Crippen molar-refractivity contribution in [2.24, 2.45) is 5.92 Å². The first-order valence-electron chi connectivity index (χ1n) is 9.91. The number of aromatic nitrogens is 2. The molecule has 1 aliphatic heterocycles. The summed E-state index contributed by atoms with van der Waals surface area (Å²) in [6.45, 7) is 1.16. The van der Waals surface area contributed by atoms with Gasteiger partial charge < -0.3 is 14.6 Å². The number of imidazole rings is 1. The Labute approximate surface area is 180 Å². The van der Waals surface area contributed by atoms with Crippen molar-refractivity contribution < 1.29 is 14.3 Å². The van der Waals surface area contributed by atoms with Crippen LogP contribution in [0.5, 0.6) is 5.75 Å². The Morgan fingerprint density at radius 2 is 1.63 bits per heavy atom. The van der Waals surface area contributed by atoms with Crippen LogP contribution in [0.15, 0.2) is 60.9 Å². The van der Waals surface area contributed by atoms with Crippen molar-refractivity contribution in [1.82, 2.24) is 14.5 Å². The lowest BCUT2D eigenvalue weighted by atomic mass is 9.88. The summed E-state index contributed by atoms with van der Waals surface area (Å²) in [5.41, 5.74) is 2.24. The molecule has 4 rings (SSSR count). The van der Waals surface area contributed by atoms with Crippen LogP contribution in [-0.2, 0) is 0 Å². The summed E-state index contributed by atoms with van der Waals surface area (Å²) in [7, 11) is 1.60. The number of rotatable bonds is 5. The molecule has 30 heavy (non-hydrogen) atoms. The molecule has 6 nitrogen and oxygen atoms in total. The van der Waals surface area contributed by atoms with Crippen molar-refractivity contribution in [2.75, 3.05) is 20.2 Å². The Bertz CT molecular complexity index is 1090. The van der Waals surface area contributed by atoms with Gasteiger partial charge in [-0.1, -0.05) is 0 Å². The van der Waals surface area contributed by atoms with Gasteiger partial charge in [-0.2, -0.15) is 0 Å². The Kier molecular flexibility index (Phi) is 5.81. The highest BCUT2D eigenvalue weighted by molar-refractivity contribution is 7.71. The molecule has 1 aromatic heterocycles. The molecule has 0 radical (unpaired) electrons. The van der Waals surface area contributed by atoms with Crippen molar-refractivity contribution in [3.63, 3.8) is 0 Å². The Hall–Kier alpha value is -3.19. The van der Waals surface area contributed by atoms with Crippen molar-refractivity contribution in [1.29, 1.82) is 0 Å². The standard InChI is InChI=1S/C23H23N3O3S/c1-29-20-8-4-16(5-9-20)21(27)17-10-13-25(14-11-17)22(28)18-2-6-19(7-3-18)26-15-12-24-23(26)30/h2-9,12,15,17H,10-11,13-14H2,1H3,(H,24,30). The lowest BCUT2D eigenvalue weighted by Crippen LogP contribution is -2.40. The fraction of sp³-hybridized carbons (Fsp3) is 0.261. The number of hydrogen-bond donors (Lipinski definition) is 1. The summed E-state index contributed by atoms with van der Waals surface area (Å²) in [5.74, 6) is 0.809. The molecule has 2 heterocycles. The summed E-state index contributed by atoms with van der Waals surface area (Å²) in [4.78, 5) is 30.4. The number of aromatic amines is 1. The van der Waals surface area contributed by atoms with Crippen LogP contribution in [0, 0.1) is 10.7 Å². The molecular weight excluding hydrogens is 398 g/mol. The van der Waals surface area contributed by atoms with Crippen molar-refractivity contribution >= 4 is 23.9 Å². The maximum Gasteiger partial charge on any atom is 0.253 e. The van der Waals surface area contributed by atoms with Gasteiger partial charge in [0.1, 0.15) is 5.75 Å². The molecule has 2 aromatic carbocycles. The van der Waals surface area contributed by atoms with E-state index in [0.717, 1.165) is 11.4 Å². The molecule has 0 saturated carbocycles. The summed E-state index contributed by atoms with van der Waals surface area (Å²) in [6.07, 6.45) is 4.98. The van der Waals surface area contributed by atoms with E-state index in [-0.39, 0.29) is 17.6 Å². The zero-order valence-electron chi connectivity index (χ0n) is 16.7. The average Bonchev–Trinajstić information content (AvgIpc) is 3.24. The number of benzene rings is 2. The second kappa shape index (κ2) is 8.67. The van der Waals surface area contributed by atoms with Gasteiger partial charge in [-0.15, -0.1) is 0 Å². The van der Waals surface area contributed by atoms with E-state index in [0.29, 0.717) is 41.8 Å². The van der Waals surface area contributed by atoms with Gasteiger partial charge in [0.25, 0.3) is 5.91 Å². The highest BCUT2D eigenvalue weighted by Crippen LogP contribution is 2.24. The van der Waals surface area contributed by atoms with Crippen LogP contribution in [0.1, 0.15) is 33.6 Å². The number of piperidine rings is 1. The molecule has 1 saturated heterocycles. The van der Waals surface area contributed by atoms with Gasteiger partial charge in [0.2, 0.25) is 0 Å². The molecule has 0 spiro atoms. The number of ether oxygens (including phenoxy) is 1. The van der Waals surface area contributed by atoms with E-state index in [1.807, 2.05) is 39.9 Å². The van der Waals surface area contributed by atoms with Crippen molar-refractivity contribution in [3.05, 3.63) is 76.8 Å². The van der Waals surface area contributed by atoms with E-state index >= 15 is 0 Å². The van der Waals surface area contributed by atoms with Gasteiger partial charge in [-0.25, -0.2) is 0 Å². The molecule has 1 amide bonds. The van der Waals surface area contributed by atoms with Crippen LogP contribution < -0.4 is 4.74 Å². The highest BCUT2D eigenvalue weighted by atomic mass is 32.1. The third-order valence-electron chi connectivity index (χ3n) is 5.57. The molecule has 1 aliphatic rings. The summed E-state index contributed by atoms with van der Waals surface area (Å²) < 4.78 is 7.60. The molecule has 1 N–H and O–H groups in total. The highest BCUT2D eigenvalue weighted by Gasteiger charge is 2.28. The number of methoxy groups -OCH3 is 1. The number of nitrogens with zero attached hydrogens (tertiary/aromatic N) is 2. The number of likely N-dealkylation sites (tertiary alicyclic amines) is 1. The number of carbonyl (C=O) groups is 2. The molecule has 0 aliphatic carbocycles. The van der Waals surface area contributed by atoms with Crippen molar-refractivity contribution in [3.8, 4) is 11.4 Å². The number of carbonyl (C=O) groups excluding carboxylic acids is 2. The Morgan fingerprint density at radius 3 is 2.20 bits per heavy atom. The van der Waals surface area contributed by atoms with E-state index in [2.05, 4.69) is 4.98 Å². The second-order valence-corrected chi connectivity index (χ2v) is 7.73. The normalized spacial score (nSPS) is 14.5. The van der Waals surface area contributed by atoms with Crippen LogP contribution in [0.3, 0.4) is 0 Å². The predicted octanol–water partition coefficient (Wildman–Crippen LogP) is 4.28. The smallest absolute Gasteiger partial charge is 0.253 e. The fourth-order valence-electron chi connectivity index (χ4n) is 3.81. The molecular formula is C23H23N3O3S. The third kappa shape index (κ3) is 4.07. The maximum atomic E-state index is 12.9. The zero-order chi connectivity index (χ0) is 21.1. The third-order valence-corrected chi connectivity index (χ3v) is 5.88. The topological polar surface area (TPSA) is 67.3 Å². The molecule has 154 valence electrons. The summed E-state index contributed by atoms with van der Waals surface area (Å²) in [6, 6.07) is 14.6. The van der Waals surface area contributed by atoms with Gasteiger partial charge in [0, 0.05) is 48.2 Å². The lowest BCUT2D eigenvalue weighted by Gasteiger charge is -2.31. The number of nitrogens with one attached hydrogen (secondary N) is 1. The largest absolute Gasteiger partial charge is 0.497 e. The molecule has 0 unspecified atom stereocenters. The number of hydrogen-bond acceptors (Lipinski definition) is 4. The van der Waals surface area contributed by atoms with Crippen LogP contribution in [0.4, 0.5) is 0 Å². The zero-order valence-corrected chi connectivity index (χ0v) is 17.5. The fourth-order valence-corrected chi connectivity index (χ4v) is 4.04. The number of Topliss-reactive ketones (excluding diaryl/α,β-unsaturated/α-hetero) is 1. The van der Waals surface area contributed by atoms with E-state index in [4.69, 9.17) is 17.0 Å². The first kappa shape index (κ1) is 20.1. The first-order chi connectivity index (χ1) is 14.6. The molecule has 3 aromatic rings. The van der Waals surface area contributed by atoms with Gasteiger partial charge in [-0.05, 0) is 73.6 Å². The number of ketones is 1. The van der Waals surface area contributed by atoms with Gasteiger partial charge in [0.15, 0.2) is 10.6 Å². The van der Waals surface area contributed by atoms with Crippen molar-refractivity contribution in [2.45, 2.75) is 12.8 Å². The van der Waals surface area contributed by atoms with E-state index in [9.17, 15) is 9.59 Å². The minimum Gasteiger partial charge on any atom is -0.497 e. The molecule has 7 heteroatoms. The SMILES string of the molecule is COc1ccc(C(=O)C2CCN(C(=O)c3ccc(-n4cc[nH]c4=S)cc3)CC2)cc1. The maximum absolute atomic E-state index is 12.9. The minimum atomic E-state index is -0.0553. The van der Waals surface area contributed by atoms with Crippen LogP contribution in [0.2, 0.25) is 0 Å². The Balaban J connectivity index is 1.37. The van der Waals surface area contributed by atoms with E-state index in [1.54, 1.807) is 37.6 Å². The Morgan fingerprint density at radius 1 is 1.00 bits per heavy atom. The van der Waals surface area contributed by atoms with Gasteiger partial charge in [0.05, 0.1) is 7.11 Å². The summed E-state index contributed by atoms with van der Waals surface area (Å²) >= 11 is 5.23. The van der Waals surface area contributed by atoms with E-state index in [1.165, 1.54) is 0 Å². The molecule has 1 fully saturated rings. The second-order valence-electron chi connectivity index (χ2n) is 7.34. The van der Waals surface area contributed by atoms with E-state index < -0.39 is 0 Å². The monoisotopic (exact) mass is 421 g/mol. The van der Waals surface area contributed by atoms with Crippen LogP contribution >= 0.6 is 12.2 Å². The molecule has 0 bridgehead atoms. The quantitative estimate of drug-likeness (QED) is 0.493. The van der Waals surface area contributed by atoms with Gasteiger partial charge >= 0.3 is 0 Å². The lowest BCUT2D eigenvalue weighted by molar-refractivity contribution is 0.0650. The van der Waals surface area contributed by atoms with Crippen LogP contribution in [-0.4, -0.2) is 46.3 Å². The number of H-pyrrole nitrogens is 1. The minimum absolute atomic E-state index is 0.00504. The predicted molar refractivity (Wildman–Crippen MR) is 117 cm³/mol.